The maximum Gasteiger partial charge on any atom is 0.236 e. The number of carbonyl (C=O) groups is 2. The van der Waals surface area contributed by atoms with Crippen LogP contribution < -0.4 is 5.32 Å². The number of benzene rings is 1. The van der Waals surface area contributed by atoms with Gasteiger partial charge >= 0.3 is 0 Å². The summed E-state index contributed by atoms with van der Waals surface area (Å²) in [5, 5.41) is 2.54. The molecule has 2 amide bonds. The SMILES string of the molecule is CC1SC(c2cccc(F)c2)N(CCC(=O)NC2CC2)C1=O. The molecule has 0 spiro atoms. The molecule has 2 fully saturated rings. The Morgan fingerprint density at radius 2 is 2.23 bits per heavy atom. The Labute approximate surface area is 133 Å². The number of nitrogens with zero attached hydrogens (tertiary/aromatic N) is 1. The summed E-state index contributed by atoms with van der Waals surface area (Å²) < 4.78 is 13.4. The molecule has 1 heterocycles. The number of rotatable bonds is 5. The van der Waals surface area contributed by atoms with E-state index in [1.807, 2.05) is 13.0 Å². The first kappa shape index (κ1) is 15.3. The van der Waals surface area contributed by atoms with Gasteiger partial charge in [0.05, 0.1) is 5.25 Å². The van der Waals surface area contributed by atoms with Crippen molar-refractivity contribution in [2.24, 2.45) is 0 Å². The zero-order chi connectivity index (χ0) is 15.7. The van der Waals surface area contributed by atoms with E-state index in [9.17, 15) is 14.0 Å². The van der Waals surface area contributed by atoms with Crippen molar-refractivity contribution in [2.45, 2.75) is 42.9 Å². The molecule has 1 saturated carbocycles. The highest BCUT2D eigenvalue weighted by molar-refractivity contribution is 8.01. The lowest BCUT2D eigenvalue weighted by atomic mass is 10.2. The van der Waals surface area contributed by atoms with Gasteiger partial charge in [0.2, 0.25) is 11.8 Å². The molecule has 22 heavy (non-hydrogen) atoms. The fraction of sp³-hybridized carbons (Fsp3) is 0.500. The average molecular weight is 322 g/mol. The van der Waals surface area contributed by atoms with E-state index in [-0.39, 0.29) is 28.3 Å². The molecule has 4 nitrogen and oxygen atoms in total. The number of hydrogen-bond acceptors (Lipinski definition) is 3. The van der Waals surface area contributed by atoms with Crippen LogP contribution in [0.15, 0.2) is 24.3 Å². The molecule has 1 saturated heterocycles. The van der Waals surface area contributed by atoms with Gasteiger partial charge in [0, 0.05) is 19.0 Å². The average Bonchev–Trinajstić information content (AvgIpc) is 3.24. The minimum absolute atomic E-state index is 0.0125. The normalized spacial score (nSPS) is 24.6. The molecule has 3 rings (SSSR count). The standard InChI is InChI=1S/C16H19FN2O2S/c1-10-15(21)19(8-7-14(20)18-13-5-6-13)16(22-10)11-3-2-4-12(17)9-11/h2-4,9-10,13,16H,5-8H2,1H3,(H,18,20). The molecule has 0 bridgehead atoms. The van der Waals surface area contributed by atoms with Crippen LogP contribution in [0, 0.1) is 5.82 Å². The van der Waals surface area contributed by atoms with Crippen LogP contribution in [0.1, 0.15) is 37.1 Å². The zero-order valence-electron chi connectivity index (χ0n) is 12.4. The molecule has 1 N–H and O–H groups in total. The second-order valence-electron chi connectivity index (χ2n) is 5.81. The van der Waals surface area contributed by atoms with Crippen LogP contribution in [0.3, 0.4) is 0 Å². The first-order valence-electron chi connectivity index (χ1n) is 7.55. The zero-order valence-corrected chi connectivity index (χ0v) is 13.2. The van der Waals surface area contributed by atoms with Gasteiger partial charge in [-0.3, -0.25) is 9.59 Å². The van der Waals surface area contributed by atoms with Gasteiger partial charge in [-0.1, -0.05) is 12.1 Å². The van der Waals surface area contributed by atoms with E-state index < -0.39 is 0 Å². The van der Waals surface area contributed by atoms with Crippen molar-refractivity contribution in [1.82, 2.24) is 10.2 Å². The Hall–Kier alpha value is -1.56. The summed E-state index contributed by atoms with van der Waals surface area (Å²) in [6.07, 6.45) is 2.39. The lowest BCUT2D eigenvalue weighted by Crippen LogP contribution is -2.35. The molecular formula is C16H19FN2O2S. The van der Waals surface area contributed by atoms with E-state index >= 15 is 0 Å². The highest BCUT2D eigenvalue weighted by Gasteiger charge is 2.38. The number of carbonyl (C=O) groups excluding carboxylic acids is 2. The minimum atomic E-state index is -0.309. The molecule has 1 aromatic carbocycles. The molecular weight excluding hydrogens is 303 g/mol. The second-order valence-corrected chi connectivity index (χ2v) is 7.23. The maximum atomic E-state index is 13.4. The van der Waals surface area contributed by atoms with Crippen molar-refractivity contribution in [1.29, 1.82) is 0 Å². The fourth-order valence-electron chi connectivity index (χ4n) is 2.57. The summed E-state index contributed by atoms with van der Waals surface area (Å²) in [7, 11) is 0. The highest BCUT2D eigenvalue weighted by Crippen LogP contribution is 2.42. The maximum absolute atomic E-state index is 13.4. The fourth-order valence-corrected chi connectivity index (χ4v) is 3.87. The van der Waals surface area contributed by atoms with Crippen molar-refractivity contribution >= 4 is 23.6 Å². The smallest absolute Gasteiger partial charge is 0.236 e. The molecule has 2 atom stereocenters. The van der Waals surface area contributed by atoms with Gasteiger partial charge in [-0.05, 0) is 37.5 Å². The van der Waals surface area contributed by atoms with E-state index in [1.54, 1.807) is 11.0 Å². The third-order valence-corrected chi connectivity index (χ3v) is 5.30. The molecule has 1 aromatic rings. The number of amides is 2. The molecule has 2 aliphatic rings. The Balaban J connectivity index is 1.68. The monoisotopic (exact) mass is 322 g/mol. The number of nitrogens with one attached hydrogen (secondary N) is 1. The van der Waals surface area contributed by atoms with Crippen molar-refractivity contribution in [3.05, 3.63) is 35.6 Å². The minimum Gasteiger partial charge on any atom is -0.353 e. The predicted octanol–water partition coefficient (Wildman–Crippen LogP) is 2.46. The van der Waals surface area contributed by atoms with Gasteiger partial charge in [-0.15, -0.1) is 11.8 Å². The molecule has 0 aromatic heterocycles. The molecule has 1 aliphatic carbocycles. The van der Waals surface area contributed by atoms with Crippen LogP contribution >= 0.6 is 11.8 Å². The summed E-state index contributed by atoms with van der Waals surface area (Å²) >= 11 is 1.50. The van der Waals surface area contributed by atoms with Crippen molar-refractivity contribution in [3.8, 4) is 0 Å². The number of halogens is 1. The Kier molecular flexibility index (Phi) is 4.38. The van der Waals surface area contributed by atoms with Crippen LogP contribution in [-0.4, -0.2) is 34.6 Å². The van der Waals surface area contributed by atoms with Crippen LogP contribution in [0.25, 0.3) is 0 Å². The van der Waals surface area contributed by atoms with E-state index in [2.05, 4.69) is 5.32 Å². The largest absolute Gasteiger partial charge is 0.353 e. The quantitative estimate of drug-likeness (QED) is 0.906. The number of hydrogen-bond donors (Lipinski definition) is 1. The summed E-state index contributed by atoms with van der Waals surface area (Å²) in [4.78, 5) is 25.8. The van der Waals surface area contributed by atoms with Gasteiger partial charge in [0.25, 0.3) is 0 Å². The first-order chi connectivity index (χ1) is 10.5. The van der Waals surface area contributed by atoms with E-state index in [0.717, 1.165) is 18.4 Å². The lowest BCUT2D eigenvalue weighted by molar-refractivity contribution is -0.130. The summed E-state index contributed by atoms with van der Waals surface area (Å²) in [5.74, 6) is -0.312. The Bertz CT molecular complexity index is 591. The second kappa shape index (κ2) is 6.28. The van der Waals surface area contributed by atoms with Gasteiger partial charge in [-0.2, -0.15) is 0 Å². The third-order valence-electron chi connectivity index (χ3n) is 3.90. The van der Waals surface area contributed by atoms with Gasteiger partial charge in [0.1, 0.15) is 11.2 Å². The van der Waals surface area contributed by atoms with Crippen molar-refractivity contribution in [2.75, 3.05) is 6.54 Å². The van der Waals surface area contributed by atoms with Gasteiger partial charge in [0.15, 0.2) is 0 Å². The van der Waals surface area contributed by atoms with Crippen LogP contribution in [0.2, 0.25) is 0 Å². The van der Waals surface area contributed by atoms with E-state index in [1.165, 1.54) is 23.9 Å². The molecule has 118 valence electrons. The first-order valence-corrected chi connectivity index (χ1v) is 8.49. The molecule has 0 radical (unpaired) electrons. The molecule has 2 unspecified atom stereocenters. The van der Waals surface area contributed by atoms with Crippen molar-refractivity contribution < 1.29 is 14.0 Å². The van der Waals surface area contributed by atoms with Crippen LogP contribution in [0.5, 0.6) is 0 Å². The van der Waals surface area contributed by atoms with Gasteiger partial charge in [-0.25, -0.2) is 4.39 Å². The highest BCUT2D eigenvalue weighted by atomic mass is 32.2. The summed E-state index contributed by atoms with van der Waals surface area (Å²) in [6, 6.07) is 6.65. The summed E-state index contributed by atoms with van der Waals surface area (Å²) in [6.45, 7) is 2.22. The van der Waals surface area contributed by atoms with Gasteiger partial charge < -0.3 is 10.2 Å². The van der Waals surface area contributed by atoms with Crippen molar-refractivity contribution in [3.63, 3.8) is 0 Å². The summed E-state index contributed by atoms with van der Waals surface area (Å²) in [5.41, 5.74) is 0.769. The molecule has 6 heteroatoms. The Morgan fingerprint density at radius 3 is 2.91 bits per heavy atom. The van der Waals surface area contributed by atoms with Crippen LogP contribution in [0.4, 0.5) is 4.39 Å². The topological polar surface area (TPSA) is 49.4 Å². The lowest BCUT2D eigenvalue weighted by Gasteiger charge is -2.24. The van der Waals surface area contributed by atoms with E-state index in [0.29, 0.717) is 19.0 Å². The third kappa shape index (κ3) is 3.43. The number of thioether (sulfide) groups is 1. The molecule has 1 aliphatic heterocycles. The van der Waals surface area contributed by atoms with Crippen LogP contribution in [-0.2, 0) is 9.59 Å². The van der Waals surface area contributed by atoms with E-state index in [4.69, 9.17) is 0 Å². The Morgan fingerprint density at radius 1 is 1.45 bits per heavy atom. The predicted molar refractivity (Wildman–Crippen MR) is 83.7 cm³/mol.